The standard InChI is InChI=1S/C22H19N3OS/c1-14-12-17-10-6-7-11-19(17)25(14)21(26)20-15(2)24-13-18(23-22(24)27-20)16-8-4-3-5-9-16/h3-11,13-14H,12H2,1-2H3/t14-/m0/s1. The van der Waals surface area contributed by atoms with Crippen LogP contribution in [-0.4, -0.2) is 21.3 Å². The van der Waals surface area contributed by atoms with Crippen molar-refractivity contribution in [1.29, 1.82) is 0 Å². The number of fused-ring (bicyclic) bond motifs is 2. The number of aromatic nitrogens is 2. The third kappa shape index (κ3) is 2.50. The number of nitrogens with zero attached hydrogens (tertiary/aromatic N) is 3. The van der Waals surface area contributed by atoms with Gasteiger partial charge in [-0.3, -0.25) is 9.20 Å². The molecular formula is C22H19N3OS. The summed E-state index contributed by atoms with van der Waals surface area (Å²) >= 11 is 1.47. The van der Waals surface area contributed by atoms with Crippen LogP contribution in [0.3, 0.4) is 0 Å². The van der Waals surface area contributed by atoms with Gasteiger partial charge in [0.1, 0.15) is 4.88 Å². The van der Waals surface area contributed by atoms with E-state index < -0.39 is 0 Å². The van der Waals surface area contributed by atoms with Gasteiger partial charge in [-0.2, -0.15) is 0 Å². The van der Waals surface area contributed by atoms with E-state index >= 15 is 0 Å². The van der Waals surface area contributed by atoms with Crippen LogP contribution in [0.25, 0.3) is 16.2 Å². The van der Waals surface area contributed by atoms with Crippen molar-refractivity contribution in [3.05, 3.63) is 76.9 Å². The maximum absolute atomic E-state index is 13.4. The summed E-state index contributed by atoms with van der Waals surface area (Å²) in [5.41, 5.74) is 5.24. The lowest BCUT2D eigenvalue weighted by molar-refractivity contribution is 0.0984. The second-order valence-electron chi connectivity index (χ2n) is 7.02. The minimum atomic E-state index is 0.0710. The van der Waals surface area contributed by atoms with Gasteiger partial charge in [-0.15, -0.1) is 0 Å². The minimum Gasteiger partial charge on any atom is -0.304 e. The van der Waals surface area contributed by atoms with Gasteiger partial charge in [-0.25, -0.2) is 4.98 Å². The van der Waals surface area contributed by atoms with E-state index in [0.717, 1.165) is 38.9 Å². The van der Waals surface area contributed by atoms with Crippen LogP contribution in [0.2, 0.25) is 0 Å². The number of thiazole rings is 1. The summed E-state index contributed by atoms with van der Waals surface area (Å²) in [7, 11) is 0. The molecule has 0 saturated carbocycles. The smallest absolute Gasteiger partial charge is 0.270 e. The predicted molar refractivity (Wildman–Crippen MR) is 110 cm³/mol. The minimum absolute atomic E-state index is 0.0710. The van der Waals surface area contributed by atoms with Crippen molar-refractivity contribution < 1.29 is 4.79 Å². The highest BCUT2D eigenvalue weighted by Gasteiger charge is 2.33. The average Bonchev–Trinajstić information content (AvgIpc) is 3.34. The van der Waals surface area contributed by atoms with Crippen molar-refractivity contribution in [2.45, 2.75) is 26.3 Å². The fourth-order valence-electron chi connectivity index (χ4n) is 3.88. The lowest BCUT2D eigenvalue weighted by Gasteiger charge is -2.22. The third-order valence-corrected chi connectivity index (χ3v) is 6.39. The number of benzene rings is 2. The summed E-state index contributed by atoms with van der Waals surface area (Å²) in [5, 5.41) is 0. The Morgan fingerprint density at radius 2 is 1.85 bits per heavy atom. The molecule has 2 aromatic carbocycles. The van der Waals surface area contributed by atoms with E-state index in [0.29, 0.717) is 0 Å². The molecule has 0 saturated heterocycles. The van der Waals surface area contributed by atoms with Gasteiger partial charge in [0, 0.05) is 29.2 Å². The molecule has 134 valence electrons. The molecule has 0 unspecified atom stereocenters. The highest BCUT2D eigenvalue weighted by molar-refractivity contribution is 7.19. The first-order valence-electron chi connectivity index (χ1n) is 9.09. The molecule has 2 aromatic heterocycles. The van der Waals surface area contributed by atoms with Crippen LogP contribution in [0, 0.1) is 6.92 Å². The molecule has 0 fully saturated rings. The van der Waals surface area contributed by atoms with Gasteiger partial charge in [-0.1, -0.05) is 59.9 Å². The fraction of sp³-hybridized carbons (Fsp3) is 0.182. The zero-order valence-electron chi connectivity index (χ0n) is 15.2. The second kappa shape index (κ2) is 6.06. The quantitative estimate of drug-likeness (QED) is 0.498. The zero-order valence-corrected chi connectivity index (χ0v) is 16.0. The van der Waals surface area contributed by atoms with Crippen LogP contribution in [0.4, 0.5) is 5.69 Å². The lowest BCUT2D eigenvalue weighted by atomic mass is 10.1. The molecule has 0 spiro atoms. The third-order valence-electron chi connectivity index (χ3n) is 5.25. The predicted octanol–water partition coefficient (Wildman–Crippen LogP) is 4.96. The van der Waals surface area contributed by atoms with E-state index in [4.69, 9.17) is 4.98 Å². The number of carbonyl (C=O) groups excluding carboxylic acids is 1. The Kier molecular flexibility index (Phi) is 3.65. The maximum Gasteiger partial charge on any atom is 0.270 e. The van der Waals surface area contributed by atoms with Crippen molar-refractivity contribution in [1.82, 2.24) is 9.38 Å². The number of amides is 1. The molecule has 27 heavy (non-hydrogen) atoms. The molecule has 1 aliphatic heterocycles. The topological polar surface area (TPSA) is 37.6 Å². The first-order valence-corrected chi connectivity index (χ1v) is 9.90. The molecule has 1 atom stereocenters. The zero-order chi connectivity index (χ0) is 18.5. The second-order valence-corrected chi connectivity index (χ2v) is 8.00. The largest absolute Gasteiger partial charge is 0.304 e. The van der Waals surface area contributed by atoms with E-state index in [9.17, 15) is 4.79 Å². The number of para-hydroxylation sites is 1. The van der Waals surface area contributed by atoms with Gasteiger partial charge in [0.25, 0.3) is 5.91 Å². The average molecular weight is 373 g/mol. The van der Waals surface area contributed by atoms with Crippen molar-refractivity contribution in [3.63, 3.8) is 0 Å². The van der Waals surface area contributed by atoms with Crippen LogP contribution in [0.5, 0.6) is 0 Å². The Bertz CT molecular complexity index is 1160. The molecular weight excluding hydrogens is 354 g/mol. The van der Waals surface area contributed by atoms with Crippen molar-refractivity contribution >= 4 is 27.9 Å². The molecule has 1 amide bonds. The number of imidazole rings is 1. The summed E-state index contributed by atoms with van der Waals surface area (Å²) in [6, 6.07) is 18.5. The Morgan fingerprint density at radius 1 is 1.11 bits per heavy atom. The molecule has 0 bridgehead atoms. The van der Waals surface area contributed by atoms with Crippen LogP contribution in [-0.2, 0) is 6.42 Å². The summed E-state index contributed by atoms with van der Waals surface area (Å²) < 4.78 is 2.03. The fourth-order valence-corrected chi connectivity index (χ4v) is 4.93. The van der Waals surface area contributed by atoms with E-state index in [1.54, 1.807) is 0 Å². The Balaban J connectivity index is 1.55. The lowest BCUT2D eigenvalue weighted by Crippen LogP contribution is -2.35. The number of carbonyl (C=O) groups is 1. The SMILES string of the molecule is Cc1c(C(=O)N2c3ccccc3C[C@@H]2C)sc2nc(-c3ccccc3)cn12. The van der Waals surface area contributed by atoms with Crippen LogP contribution >= 0.6 is 11.3 Å². The number of hydrogen-bond donors (Lipinski definition) is 0. The number of aryl methyl sites for hydroxylation is 1. The molecule has 1 aliphatic rings. The molecule has 5 rings (SSSR count). The summed E-state index contributed by atoms with van der Waals surface area (Å²) in [6.45, 7) is 4.11. The van der Waals surface area contributed by atoms with Gasteiger partial charge >= 0.3 is 0 Å². The molecule has 5 heteroatoms. The molecule has 4 nitrogen and oxygen atoms in total. The summed E-state index contributed by atoms with van der Waals surface area (Å²) in [6.07, 6.45) is 2.93. The van der Waals surface area contributed by atoms with Crippen LogP contribution in [0.1, 0.15) is 27.9 Å². The number of anilines is 1. The van der Waals surface area contributed by atoms with Gasteiger partial charge in [0.05, 0.1) is 5.69 Å². The highest BCUT2D eigenvalue weighted by atomic mass is 32.1. The van der Waals surface area contributed by atoms with Gasteiger partial charge in [0.15, 0.2) is 4.96 Å². The van der Waals surface area contributed by atoms with E-state index in [2.05, 4.69) is 25.1 Å². The molecule has 3 heterocycles. The summed E-state index contributed by atoms with van der Waals surface area (Å²) in [4.78, 5) is 21.7. The Labute approximate surface area is 161 Å². The number of hydrogen-bond acceptors (Lipinski definition) is 3. The first-order chi connectivity index (χ1) is 13.1. The first kappa shape index (κ1) is 16.3. The van der Waals surface area contributed by atoms with E-state index in [1.807, 2.05) is 58.8 Å². The molecule has 4 aromatic rings. The highest BCUT2D eigenvalue weighted by Crippen LogP contribution is 2.35. The monoisotopic (exact) mass is 373 g/mol. The maximum atomic E-state index is 13.4. The van der Waals surface area contributed by atoms with Gasteiger partial charge in [0.2, 0.25) is 0 Å². The van der Waals surface area contributed by atoms with Crippen molar-refractivity contribution in [2.75, 3.05) is 4.90 Å². The van der Waals surface area contributed by atoms with E-state index in [1.165, 1.54) is 16.9 Å². The molecule has 0 N–H and O–H groups in total. The Morgan fingerprint density at radius 3 is 2.63 bits per heavy atom. The Hall–Kier alpha value is -2.92. The van der Waals surface area contributed by atoms with Gasteiger partial charge < -0.3 is 4.90 Å². The van der Waals surface area contributed by atoms with Crippen LogP contribution in [0.15, 0.2) is 60.8 Å². The summed E-state index contributed by atoms with van der Waals surface area (Å²) in [5.74, 6) is 0.0710. The normalized spacial score (nSPS) is 16.1. The van der Waals surface area contributed by atoms with Crippen molar-refractivity contribution in [3.8, 4) is 11.3 Å². The molecule has 0 aliphatic carbocycles. The van der Waals surface area contributed by atoms with Crippen molar-refractivity contribution in [2.24, 2.45) is 0 Å². The van der Waals surface area contributed by atoms with E-state index in [-0.39, 0.29) is 11.9 Å². The molecule has 0 radical (unpaired) electrons. The van der Waals surface area contributed by atoms with Gasteiger partial charge in [-0.05, 0) is 31.9 Å². The van der Waals surface area contributed by atoms with Crippen LogP contribution < -0.4 is 4.90 Å². The number of rotatable bonds is 2.